The Morgan fingerprint density at radius 1 is 1.33 bits per heavy atom. The maximum atomic E-state index is 13.0. The quantitative estimate of drug-likeness (QED) is 0.600. The van der Waals surface area contributed by atoms with E-state index in [4.69, 9.17) is 0 Å². The molecule has 12 heavy (non-hydrogen) atoms. The smallest absolute Gasteiger partial charge is 0.126 e. The highest BCUT2D eigenvalue weighted by molar-refractivity contribution is 5.18. The average Bonchev–Trinajstić information content (AvgIpc) is 2.09. The molecule has 0 aliphatic rings. The predicted octanol–water partition coefficient (Wildman–Crippen LogP) is 3.37. The molecule has 1 aromatic carbocycles. The van der Waals surface area contributed by atoms with Gasteiger partial charge in [0.1, 0.15) is 5.82 Å². The minimum absolute atomic E-state index is 0.0927. The van der Waals surface area contributed by atoms with Crippen LogP contribution in [0.4, 0.5) is 4.39 Å². The molecule has 0 nitrogen and oxygen atoms in total. The van der Waals surface area contributed by atoms with Crippen molar-refractivity contribution in [3.8, 4) is 0 Å². The van der Waals surface area contributed by atoms with Crippen LogP contribution in [0, 0.1) is 12.2 Å². The summed E-state index contributed by atoms with van der Waals surface area (Å²) in [6.45, 7) is 2.12. The van der Waals surface area contributed by atoms with E-state index in [9.17, 15) is 4.39 Å². The standard InChI is InChI=1S/C11H14F/c1-2-3-4-7-10-8-5-6-9-11(10)12/h4-6,8-9H,2-3,7H2,1H3. The van der Waals surface area contributed by atoms with Crippen LogP contribution in [0.5, 0.6) is 0 Å². The lowest BCUT2D eigenvalue weighted by atomic mass is 10.1. The molecule has 0 heterocycles. The second-order valence-corrected chi connectivity index (χ2v) is 2.87. The molecule has 65 valence electrons. The fraction of sp³-hybridized carbons (Fsp3) is 0.364. The topological polar surface area (TPSA) is 0 Å². The number of benzene rings is 1. The fourth-order valence-corrected chi connectivity index (χ4v) is 1.13. The predicted molar refractivity (Wildman–Crippen MR) is 49.3 cm³/mol. The van der Waals surface area contributed by atoms with Crippen LogP contribution < -0.4 is 0 Å². The monoisotopic (exact) mass is 165 g/mol. The van der Waals surface area contributed by atoms with Crippen molar-refractivity contribution in [2.45, 2.75) is 26.2 Å². The molecule has 0 bridgehead atoms. The summed E-state index contributed by atoms with van der Waals surface area (Å²) >= 11 is 0. The molecule has 1 aromatic rings. The number of hydrogen-bond donors (Lipinski definition) is 0. The number of hydrogen-bond acceptors (Lipinski definition) is 0. The first-order valence-electron chi connectivity index (χ1n) is 4.39. The maximum absolute atomic E-state index is 13.0. The van der Waals surface area contributed by atoms with E-state index in [1.807, 2.05) is 12.1 Å². The van der Waals surface area contributed by atoms with Gasteiger partial charge in [0.05, 0.1) is 0 Å². The molecule has 0 atom stereocenters. The van der Waals surface area contributed by atoms with Gasteiger partial charge in [0.15, 0.2) is 0 Å². The van der Waals surface area contributed by atoms with Gasteiger partial charge in [-0.3, -0.25) is 0 Å². The van der Waals surface area contributed by atoms with Crippen molar-refractivity contribution in [3.63, 3.8) is 0 Å². The number of rotatable bonds is 4. The van der Waals surface area contributed by atoms with E-state index < -0.39 is 0 Å². The largest absolute Gasteiger partial charge is 0.207 e. The van der Waals surface area contributed by atoms with Crippen molar-refractivity contribution < 1.29 is 4.39 Å². The lowest BCUT2D eigenvalue weighted by Gasteiger charge is -2.00. The van der Waals surface area contributed by atoms with Gasteiger partial charge in [0.2, 0.25) is 0 Å². The molecule has 0 unspecified atom stereocenters. The van der Waals surface area contributed by atoms with Crippen LogP contribution in [-0.4, -0.2) is 0 Å². The zero-order valence-corrected chi connectivity index (χ0v) is 7.39. The van der Waals surface area contributed by atoms with Crippen LogP contribution in [-0.2, 0) is 6.42 Å². The molecule has 0 saturated carbocycles. The zero-order chi connectivity index (χ0) is 8.81. The van der Waals surface area contributed by atoms with Crippen molar-refractivity contribution in [2.24, 2.45) is 0 Å². The van der Waals surface area contributed by atoms with E-state index in [1.54, 1.807) is 6.07 Å². The molecule has 0 amide bonds. The van der Waals surface area contributed by atoms with Crippen LogP contribution in [0.3, 0.4) is 0 Å². The second kappa shape index (κ2) is 4.91. The summed E-state index contributed by atoms with van der Waals surface area (Å²) in [4.78, 5) is 0. The Bertz CT molecular complexity index is 230. The Morgan fingerprint density at radius 3 is 2.75 bits per heavy atom. The van der Waals surface area contributed by atoms with Gasteiger partial charge in [-0.2, -0.15) is 0 Å². The van der Waals surface area contributed by atoms with E-state index in [-0.39, 0.29) is 5.82 Å². The highest BCUT2D eigenvalue weighted by Gasteiger charge is 1.98. The summed E-state index contributed by atoms with van der Waals surface area (Å²) in [5.74, 6) is -0.0927. The van der Waals surface area contributed by atoms with Gasteiger partial charge in [-0.25, -0.2) is 4.39 Å². The lowest BCUT2D eigenvalue weighted by molar-refractivity contribution is 0.611. The first-order valence-corrected chi connectivity index (χ1v) is 4.39. The van der Waals surface area contributed by atoms with Gasteiger partial charge in [-0.05, 0) is 24.5 Å². The van der Waals surface area contributed by atoms with E-state index >= 15 is 0 Å². The first kappa shape index (κ1) is 9.24. The summed E-state index contributed by atoms with van der Waals surface area (Å²) in [7, 11) is 0. The van der Waals surface area contributed by atoms with Crippen molar-refractivity contribution in [1.29, 1.82) is 0 Å². The highest BCUT2D eigenvalue weighted by atomic mass is 19.1. The molecule has 0 N–H and O–H groups in total. The third-order valence-corrected chi connectivity index (χ3v) is 1.81. The van der Waals surface area contributed by atoms with E-state index in [0.29, 0.717) is 0 Å². The van der Waals surface area contributed by atoms with Crippen molar-refractivity contribution >= 4 is 0 Å². The summed E-state index contributed by atoms with van der Waals surface area (Å²) < 4.78 is 13.0. The van der Waals surface area contributed by atoms with Crippen molar-refractivity contribution in [3.05, 3.63) is 42.1 Å². The van der Waals surface area contributed by atoms with E-state index in [0.717, 1.165) is 24.8 Å². The molecule has 1 rings (SSSR count). The van der Waals surface area contributed by atoms with Gasteiger partial charge >= 0.3 is 0 Å². The second-order valence-electron chi connectivity index (χ2n) is 2.87. The van der Waals surface area contributed by atoms with Crippen LogP contribution in [0.1, 0.15) is 25.3 Å². The molecule has 0 saturated heterocycles. The fourth-order valence-electron chi connectivity index (χ4n) is 1.13. The highest BCUT2D eigenvalue weighted by Crippen LogP contribution is 2.09. The van der Waals surface area contributed by atoms with Gasteiger partial charge in [0, 0.05) is 0 Å². The Kier molecular flexibility index (Phi) is 3.78. The normalized spacial score (nSPS) is 10.2. The molecule has 1 radical (unpaired) electrons. The van der Waals surface area contributed by atoms with Crippen molar-refractivity contribution in [2.75, 3.05) is 0 Å². The molecule has 1 heteroatoms. The molecular formula is C11H14F. The van der Waals surface area contributed by atoms with Gasteiger partial charge in [-0.1, -0.05) is 38.0 Å². The van der Waals surface area contributed by atoms with Gasteiger partial charge in [-0.15, -0.1) is 0 Å². The summed E-state index contributed by atoms with van der Waals surface area (Å²) in [5.41, 5.74) is 0.797. The van der Waals surface area contributed by atoms with Crippen LogP contribution in [0.25, 0.3) is 0 Å². The van der Waals surface area contributed by atoms with E-state index in [2.05, 4.69) is 13.3 Å². The molecule has 0 spiro atoms. The third-order valence-electron chi connectivity index (χ3n) is 1.81. The Balaban J connectivity index is 2.46. The Morgan fingerprint density at radius 2 is 2.08 bits per heavy atom. The Labute approximate surface area is 73.4 Å². The first-order chi connectivity index (χ1) is 5.84. The summed E-state index contributed by atoms with van der Waals surface area (Å²) in [5, 5.41) is 0. The number of unbranched alkanes of at least 4 members (excludes halogenated alkanes) is 2. The third kappa shape index (κ3) is 2.65. The molecule has 0 aromatic heterocycles. The molecular weight excluding hydrogens is 151 g/mol. The lowest BCUT2D eigenvalue weighted by Crippen LogP contribution is -1.90. The minimum atomic E-state index is -0.0927. The molecule has 0 aliphatic carbocycles. The molecule has 0 aliphatic heterocycles. The van der Waals surface area contributed by atoms with Crippen LogP contribution in [0.2, 0.25) is 0 Å². The van der Waals surface area contributed by atoms with Crippen LogP contribution >= 0.6 is 0 Å². The van der Waals surface area contributed by atoms with Crippen LogP contribution in [0.15, 0.2) is 24.3 Å². The van der Waals surface area contributed by atoms with Gasteiger partial charge in [0.25, 0.3) is 0 Å². The summed E-state index contributed by atoms with van der Waals surface area (Å²) in [6, 6.07) is 6.94. The number of halogens is 1. The minimum Gasteiger partial charge on any atom is -0.207 e. The van der Waals surface area contributed by atoms with Crippen molar-refractivity contribution in [1.82, 2.24) is 0 Å². The van der Waals surface area contributed by atoms with Gasteiger partial charge < -0.3 is 0 Å². The summed E-state index contributed by atoms with van der Waals surface area (Å²) in [6.07, 6.45) is 5.07. The Hall–Kier alpha value is -0.850. The zero-order valence-electron chi connectivity index (χ0n) is 7.39. The SMILES string of the molecule is CCC[CH]Cc1ccccc1F. The van der Waals surface area contributed by atoms with E-state index in [1.165, 1.54) is 6.07 Å². The molecule has 0 fully saturated rings. The maximum Gasteiger partial charge on any atom is 0.126 e. The average molecular weight is 165 g/mol.